The van der Waals surface area contributed by atoms with Crippen LogP contribution < -0.4 is 5.73 Å². The number of nitrogen functional groups attached to an aromatic ring is 1. The summed E-state index contributed by atoms with van der Waals surface area (Å²) >= 11 is 1.62. The van der Waals surface area contributed by atoms with Crippen LogP contribution in [0.4, 0.5) is 5.82 Å². The summed E-state index contributed by atoms with van der Waals surface area (Å²) in [7, 11) is 1.70. The molecule has 3 aromatic rings. The molecule has 0 aromatic carbocycles. The number of hydrogen-bond donors (Lipinski definition) is 1. The van der Waals surface area contributed by atoms with E-state index in [4.69, 9.17) is 15.7 Å². The van der Waals surface area contributed by atoms with Gasteiger partial charge in [0.15, 0.2) is 0 Å². The van der Waals surface area contributed by atoms with Gasteiger partial charge in [0.25, 0.3) is 0 Å². The molecule has 1 fully saturated rings. The van der Waals surface area contributed by atoms with Crippen LogP contribution in [-0.4, -0.2) is 28.2 Å². The summed E-state index contributed by atoms with van der Waals surface area (Å²) in [4.78, 5) is 18.6. The number of aliphatic imine (C=N–C) groups is 1. The molecule has 0 unspecified atom stereocenters. The molecule has 3 aromatic heterocycles. The molecule has 7 heteroatoms. The minimum Gasteiger partial charge on any atom is -0.383 e. The highest BCUT2D eigenvalue weighted by molar-refractivity contribution is 7.18. The van der Waals surface area contributed by atoms with Crippen LogP contribution in [0.3, 0.4) is 0 Å². The number of fused-ring (bicyclic) bond motifs is 1. The van der Waals surface area contributed by atoms with Crippen molar-refractivity contribution in [3.63, 3.8) is 0 Å². The molecule has 6 nitrogen and oxygen atoms in total. The fourth-order valence-corrected chi connectivity index (χ4v) is 4.38. The first-order valence-electron chi connectivity index (χ1n) is 8.38. The van der Waals surface area contributed by atoms with Gasteiger partial charge in [0, 0.05) is 36.5 Å². The molecule has 0 amide bonds. The number of nitriles is 1. The molecule has 0 atom stereocenters. The molecular formula is C19H18N6S. The molecule has 1 saturated carbocycles. The lowest BCUT2D eigenvalue weighted by Crippen LogP contribution is -2.31. The van der Waals surface area contributed by atoms with Gasteiger partial charge in [0.05, 0.1) is 22.2 Å². The van der Waals surface area contributed by atoms with Gasteiger partial charge in [0.1, 0.15) is 16.2 Å². The number of aromatic nitrogens is 3. The third-order valence-corrected chi connectivity index (χ3v) is 5.93. The van der Waals surface area contributed by atoms with Gasteiger partial charge in [-0.15, -0.1) is 0 Å². The number of pyridine rings is 2. The summed E-state index contributed by atoms with van der Waals surface area (Å²) in [5.41, 5.74) is 9.09. The van der Waals surface area contributed by atoms with E-state index in [1.165, 1.54) is 0 Å². The van der Waals surface area contributed by atoms with Crippen molar-refractivity contribution in [1.29, 1.82) is 5.26 Å². The summed E-state index contributed by atoms with van der Waals surface area (Å²) < 4.78 is 0. The maximum absolute atomic E-state index is 9.19. The Morgan fingerprint density at radius 2 is 2.19 bits per heavy atom. The lowest BCUT2D eigenvalue weighted by atomic mass is 9.64. The SMILES string of the molecule is CN=Cc1cc(-c2ccc3nc(C4CC(C)(C#N)C4)sc3n2)cnc1N. The van der Waals surface area contributed by atoms with Gasteiger partial charge >= 0.3 is 0 Å². The van der Waals surface area contributed by atoms with Gasteiger partial charge in [-0.25, -0.2) is 15.0 Å². The van der Waals surface area contributed by atoms with E-state index in [0.29, 0.717) is 11.7 Å². The third-order valence-electron chi connectivity index (χ3n) is 4.80. The predicted molar refractivity (Wildman–Crippen MR) is 104 cm³/mol. The normalized spacial score (nSPS) is 22.4. The Hall–Kier alpha value is -2.85. The monoisotopic (exact) mass is 362 g/mol. The van der Waals surface area contributed by atoms with E-state index in [1.807, 2.05) is 25.1 Å². The fraction of sp³-hybridized carbons (Fsp3) is 0.316. The predicted octanol–water partition coefficient (Wildman–Crippen LogP) is 3.79. The van der Waals surface area contributed by atoms with E-state index in [9.17, 15) is 5.26 Å². The second-order valence-corrected chi connectivity index (χ2v) is 7.95. The largest absolute Gasteiger partial charge is 0.383 e. The highest BCUT2D eigenvalue weighted by Crippen LogP contribution is 2.51. The molecular weight excluding hydrogens is 344 g/mol. The van der Waals surface area contributed by atoms with Gasteiger partial charge in [-0.2, -0.15) is 5.26 Å². The number of rotatable bonds is 3. The zero-order valence-electron chi connectivity index (χ0n) is 14.6. The van der Waals surface area contributed by atoms with Crippen molar-refractivity contribution in [2.24, 2.45) is 10.4 Å². The Morgan fingerprint density at radius 3 is 2.92 bits per heavy atom. The van der Waals surface area contributed by atoms with Crippen LogP contribution >= 0.6 is 11.3 Å². The summed E-state index contributed by atoms with van der Waals surface area (Å²) in [6.07, 6.45) is 5.16. The lowest BCUT2D eigenvalue weighted by molar-refractivity contribution is 0.199. The third kappa shape index (κ3) is 2.82. The maximum atomic E-state index is 9.19. The highest BCUT2D eigenvalue weighted by Gasteiger charge is 2.42. The molecule has 0 saturated heterocycles. The molecule has 130 valence electrons. The molecule has 4 rings (SSSR count). The van der Waals surface area contributed by atoms with Crippen molar-refractivity contribution < 1.29 is 0 Å². The van der Waals surface area contributed by atoms with Crippen LogP contribution in [0.5, 0.6) is 0 Å². The second kappa shape index (κ2) is 6.15. The van der Waals surface area contributed by atoms with Gasteiger partial charge in [-0.3, -0.25) is 4.99 Å². The Labute approximate surface area is 155 Å². The quantitative estimate of drug-likeness (QED) is 0.714. The van der Waals surface area contributed by atoms with Gasteiger partial charge in [-0.1, -0.05) is 11.3 Å². The highest BCUT2D eigenvalue weighted by atomic mass is 32.1. The first-order valence-corrected chi connectivity index (χ1v) is 9.20. The van der Waals surface area contributed by atoms with E-state index in [0.717, 1.165) is 45.0 Å². The van der Waals surface area contributed by atoms with Crippen molar-refractivity contribution in [1.82, 2.24) is 15.0 Å². The Kier molecular flexibility index (Phi) is 3.93. The van der Waals surface area contributed by atoms with E-state index in [-0.39, 0.29) is 5.41 Å². The average molecular weight is 362 g/mol. The van der Waals surface area contributed by atoms with E-state index >= 15 is 0 Å². The molecule has 0 bridgehead atoms. The first kappa shape index (κ1) is 16.6. The fourth-order valence-electron chi connectivity index (χ4n) is 3.34. The van der Waals surface area contributed by atoms with Crippen LogP contribution in [0.1, 0.15) is 36.3 Å². The zero-order chi connectivity index (χ0) is 18.3. The zero-order valence-corrected chi connectivity index (χ0v) is 15.4. The molecule has 2 N–H and O–H groups in total. The number of anilines is 1. The van der Waals surface area contributed by atoms with E-state index < -0.39 is 0 Å². The molecule has 0 radical (unpaired) electrons. The van der Waals surface area contributed by atoms with Crippen LogP contribution in [0, 0.1) is 16.7 Å². The minimum absolute atomic E-state index is 0.200. The Morgan fingerprint density at radius 1 is 1.38 bits per heavy atom. The lowest BCUT2D eigenvalue weighted by Gasteiger charge is -2.38. The van der Waals surface area contributed by atoms with E-state index in [2.05, 4.69) is 16.0 Å². The van der Waals surface area contributed by atoms with Gasteiger partial charge < -0.3 is 5.73 Å². The van der Waals surface area contributed by atoms with Crippen molar-refractivity contribution in [2.45, 2.75) is 25.7 Å². The number of nitrogens with two attached hydrogens (primary N) is 1. The van der Waals surface area contributed by atoms with Crippen molar-refractivity contribution >= 4 is 33.7 Å². The minimum atomic E-state index is -0.200. The topological polar surface area (TPSA) is 101 Å². The standard InChI is InChI=1S/C19H18N6S/c1-19(10-20)6-13(7-19)17-25-15-4-3-14(24-18(15)26-17)11-5-12(8-22-2)16(21)23-9-11/h3-5,8-9,13H,6-7H2,1-2H3,(H2,21,23). The Bertz CT molecular complexity index is 1060. The molecule has 0 aliphatic heterocycles. The Balaban J connectivity index is 1.67. The number of nitrogens with zero attached hydrogens (tertiary/aromatic N) is 5. The summed E-state index contributed by atoms with van der Waals surface area (Å²) in [6, 6.07) is 8.28. The summed E-state index contributed by atoms with van der Waals surface area (Å²) in [5, 5.41) is 10.3. The summed E-state index contributed by atoms with van der Waals surface area (Å²) in [5.74, 6) is 0.818. The van der Waals surface area contributed by atoms with Crippen LogP contribution in [0.15, 0.2) is 29.4 Å². The summed E-state index contributed by atoms with van der Waals surface area (Å²) in [6.45, 7) is 2.01. The van der Waals surface area contributed by atoms with Crippen LogP contribution in [-0.2, 0) is 0 Å². The molecule has 1 aliphatic rings. The van der Waals surface area contributed by atoms with Crippen molar-refractivity contribution in [3.8, 4) is 17.3 Å². The van der Waals surface area contributed by atoms with Crippen molar-refractivity contribution in [3.05, 3.63) is 35.0 Å². The molecule has 1 aliphatic carbocycles. The number of hydrogen-bond acceptors (Lipinski definition) is 7. The maximum Gasteiger partial charge on any atom is 0.144 e. The van der Waals surface area contributed by atoms with Gasteiger partial charge in [-0.05, 0) is 38.0 Å². The number of thiazole rings is 1. The molecule has 26 heavy (non-hydrogen) atoms. The average Bonchev–Trinajstić information content (AvgIpc) is 3.03. The first-order chi connectivity index (χ1) is 12.5. The second-order valence-electron chi connectivity index (χ2n) is 6.94. The van der Waals surface area contributed by atoms with E-state index in [1.54, 1.807) is 30.8 Å². The van der Waals surface area contributed by atoms with Crippen LogP contribution in [0.25, 0.3) is 21.6 Å². The molecule has 3 heterocycles. The smallest absolute Gasteiger partial charge is 0.144 e. The molecule has 0 spiro atoms. The van der Waals surface area contributed by atoms with Crippen molar-refractivity contribution in [2.75, 3.05) is 12.8 Å². The van der Waals surface area contributed by atoms with Gasteiger partial charge in [0.2, 0.25) is 0 Å². The van der Waals surface area contributed by atoms with Crippen LogP contribution in [0.2, 0.25) is 0 Å².